The zero-order valence-electron chi connectivity index (χ0n) is 14.6. The Kier molecular flexibility index (Phi) is 5.40. The lowest BCUT2D eigenvalue weighted by atomic mass is 9.92. The van der Waals surface area contributed by atoms with E-state index in [-0.39, 0.29) is 11.8 Å². The number of nitrogens with one attached hydrogen (secondary N) is 1. The molecule has 1 aliphatic heterocycles. The molecule has 1 aromatic carbocycles. The third-order valence-corrected chi connectivity index (χ3v) is 5.41. The lowest BCUT2D eigenvalue weighted by Gasteiger charge is -2.35. The van der Waals surface area contributed by atoms with Crippen LogP contribution in [0.1, 0.15) is 56.1 Å². The van der Waals surface area contributed by atoms with Crippen molar-refractivity contribution in [2.75, 3.05) is 18.0 Å². The molecule has 1 aliphatic carbocycles. The van der Waals surface area contributed by atoms with E-state index >= 15 is 0 Å². The molecule has 24 heavy (non-hydrogen) atoms. The van der Waals surface area contributed by atoms with E-state index in [1.165, 1.54) is 19.3 Å². The molecule has 1 heterocycles. The number of hydrogen-bond acceptors (Lipinski definition) is 3. The van der Waals surface area contributed by atoms with Crippen LogP contribution < -0.4 is 10.2 Å². The molecule has 2 aliphatic rings. The number of aryl methyl sites for hydroxylation is 1. The molecule has 3 rings (SSSR count). The molecular formula is C20H27N3O. The van der Waals surface area contributed by atoms with Crippen molar-refractivity contribution in [3.63, 3.8) is 0 Å². The number of carbonyl (C=O) groups is 1. The first-order chi connectivity index (χ1) is 11.7. The van der Waals surface area contributed by atoms with Gasteiger partial charge in [-0.3, -0.25) is 4.79 Å². The maximum atomic E-state index is 12.6. The van der Waals surface area contributed by atoms with Crippen LogP contribution in [-0.2, 0) is 4.79 Å². The summed E-state index contributed by atoms with van der Waals surface area (Å²) < 4.78 is 0. The van der Waals surface area contributed by atoms with Crippen LogP contribution in [0.5, 0.6) is 0 Å². The first-order valence-electron chi connectivity index (χ1n) is 9.23. The van der Waals surface area contributed by atoms with Crippen molar-refractivity contribution >= 4 is 11.6 Å². The van der Waals surface area contributed by atoms with Crippen LogP contribution in [-0.4, -0.2) is 25.0 Å². The van der Waals surface area contributed by atoms with E-state index in [0.717, 1.165) is 50.0 Å². The molecule has 4 heteroatoms. The first-order valence-corrected chi connectivity index (χ1v) is 9.23. The molecule has 1 atom stereocenters. The zero-order chi connectivity index (χ0) is 16.9. The Hall–Kier alpha value is -2.02. The average Bonchev–Trinajstić information content (AvgIpc) is 2.62. The van der Waals surface area contributed by atoms with Gasteiger partial charge in [0.1, 0.15) is 0 Å². The maximum Gasteiger partial charge on any atom is 0.225 e. The Labute approximate surface area is 144 Å². The van der Waals surface area contributed by atoms with Gasteiger partial charge < -0.3 is 10.2 Å². The van der Waals surface area contributed by atoms with Gasteiger partial charge in [-0.1, -0.05) is 19.3 Å². The Morgan fingerprint density at radius 3 is 2.71 bits per heavy atom. The van der Waals surface area contributed by atoms with Crippen LogP contribution in [0.3, 0.4) is 0 Å². The number of rotatable bonds is 3. The highest BCUT2D eigenvalue weighted by Gasteiger charge is 2.28. The highest BCUT2D eigenvalue weighted by atomic mass is 16.2. The van der Waals surface area contributed by atoms with Gasteiger partial charge in [-0.2, -0.15) is 5.26 Å². The van der Waals surface area contributed by atoms with Crippen LogP contribution in [0.25, 0.3) is 0 Å². The monoisotopic (exact) mass is 325 g/mol. The molecule has 1 aromatic rings. The van der Waals surface area contributed by atoms with Crippen LogP contribution >= 0.6 is 0 Å². The maximum absolute atomic E-state index is 12.6. The number of benzene rings is 1. The second-order valence-electron chi connectivity index (χ2n) is 7.24. The number of hydrogen-bond donors (Lipinski definition) is 1. The fourth-order valence-electron chi connectivity index (χ4n) is 4.06. The summed E-state index contributed by atoms with van der Waals surface area (Å²) >= 11 is 0. The van der Waals surface area contributed by atoms with Gasteiger partial charge in [0.25, 0.3) is 0 Å². The summed E-state index contributed by atoms with van der Waals surface area (Å²) in [6.45, 7) is 3.81. The van der Waals surface area contributed by atoms with E-state index in [0.29, 0.717) is 11.6 Å². The topological polar surface area (TPSA) is 56.1 Å². The number of amides is 1. The molecule has 0 spiro atoms. The smallest absolute Gasteiger partial charge is 0.225 e. The molecule has 0 radical (unpaired) electrons. The van der Waals surface area contributed by atoms with Crippen molar-refractivity contribution in [3.8, 4) is 6.07 Å². The Bertz CT molecular complexity index is 628. The van der Waals surface area contributed by atoms with E-state index in [9.17, 15) is 4.79 Å². The zero-order valence-corrected chi connectivity index (χ0v) is 14.6. The fourth-order valence-corrected chi connectivity index (χ4v) is 4.06. The van der Waals surface area contributed by atoms with Gasteiger partial charge >= 0.3 is 0 Å². The van der Waals surface area contributed by atoms with E-state index < -0.39 is 0 Å². The van der Waals surface area contributed by atoms with Crippen LogP contribution in [0.4, 0.5) is 5.69 Å². The minimum atomic E-state index is 0.0794. The fraction of sp³-hybridized carbons (Fsp3) is 0.600. The molecule has 1 saturated heterocycles. The van der Waals surface area contributed by atoms with Gasteiger partial charge in [-0.05, 0) is 56.4 Å². The van der Waals surface area contributed by atoms with Crippen molar-refractivity contribution in [2.45, 2.75) is 57.9 Å². The average molecular weight is 325 g/mol. The van der Waals surface area contributed by atoms with Crippen molar-refractivity contribution in [1.82, 2.24) is 5.32 Å². The predicted octanol–water partition coefficient (Wildman–Crippen LogP) is 3.53. The minimum absolute atomic E-state index is 0.0794. The third-order valence-electron chi connectivity index (χ3n) is 5.41. The minimum Gasteiger partial charge on any atom is -0.371 e. The lowest BCUT2D eigenvalue weighted by molar-refractivity contribution is -0.126. The molecule has 0 aromatic heterocycles. The number of nitrogens with zero attached hydrogens (tertiary/aromatic N) is 2. The highest BCUT2D eigenvalue weighted by molar-refractivity contribution is 5.80. The Morgan fingerprint density at radius 2 is 2.00 bits per heavy atom. The normalized spacial score (nSPS) is 22.0. The summed E-state index contributed by atoms with van der Waals surface area (Å²) in [6.07, 6.45) is 8.08. The molecule has 4 nitrogen and oxygen atoms in total. The quantitative estimate of drug-likeness (QED) is 0.925. The highest BCUT2D eigenvalue weighted by Crippen LogP contribution is 2.27. The van der Waals surface area contributed by atoms with Gasteiger partial charge in [0.15, 0.2) is 0 Å². The number of piperidine rings is 1. The van der Waals surface area contributed by atoms with Gasteiger partial charge in [0.2, 0.25) is 5.91 Å². The summed E-state index contributed by atoms with van der Waals surface area (Å²) in [5.41, 5.74) is 2.96. The predicted molar refractivity (Wildman–Crippen MR) is 95.8 cm³/mol. The molecule has 1 N–H and O–H groups in total. The second-order valence-corrected chi connectivity index (χ2v) is 7.24. The van der Waals surface area contributed by atoms with Crippen LogP contribution in [0.2, 0.25) is 0 Å². The van der Waals surface area contributed by atoms with Gasteiger partial charge in [0, 0.05) is 24.8 Å². The SMILES string of the molecule is Cc1cc(C#N)ccc1N1CCCC(C(=O)NC2CCCCC2)C1. The molecule has 1 amide bonds. The second kappa shape index (κ2) is 7.70. The van der Waals surface area contributed by atoms with Crippen molar-refractivity contribution < 1.29 is 4.79 Å². The summed E-state index contributed by atoms with van der Waals surface area (Å²) in [4.78, 5) is 15.0. The summed E-state index contributed by atoms with van der Waals surface area (Å²) in [7, 11) is 0. The molecule has 1 unspecified atom stereocenters. The third kappa shape index (κ3) is 3.90. The summed E-state index contributed by atoms with van der Waals surface area (Å²) in [5, 5.41) is 12.3. The first kappa shape index (κ1) is 16.8. The van der Waals surface area contributed by atoms with E-state index in [1.807, 2.05) is 25.1 Å². The van der Waals surface area contributed by atoms with Gasteiger partial charge in [-0.15, -0.1) is 0 Å². The number of anilines is 1. The number of nitriles is 1. The van der Waals surface area contributed by atoms with Crippen molar-refractivity contribution in [2.24, 2.45) is 5.92 Å². The van der Waals surface area contributed by atoms with E-state index in [2.05, 4.69) is 16.3 Å². The van der Waals surface area contributed by atoms with E-state index in [1.54, 1.807) is 0 Å². The van der Waals surface area contributed by atoms with Gasteiger partial charge in [-0.25, -0.2) is 0 Å². The molecule has 0 bridgehead atoms. The largest absolute Gasteiger partial charge is 0.371 e. The molecule has 2 fully saturated rings. The molecular weight excluding hydrogens is 298 g/mol. The van der Waals surface area contributed by atoms with Crippen LogP contribution in [0, 0.1) is 24.2 Å². The van der Waals surface area contributed by atoms with Crippen LogP contribution in [0.15, 0.2) is 18.2 Å². The summed E-state index contributed by atoms with van der Waals surface area (Å²) in [6, 6.07) is 8.40. The summed E-state index contributed by atoms with van der Waals surface area (Å²) in [5.74, 6) is 0.314. The number of carbonyl (C=O) groups excluding carboxylic acids is 1. The Balaban J connectivity index is 1.63. The molecule has 128 valence electrons. The lowest BCUT2D eigenvalue weighted by Crippen LogP contribution is -2.46. The van der Waals surface area contributed by atoms with Gasteiger partial charge in [0.05, 0.1) is 17.6 Å². The molecule has 1 saturated carbocycles. The van der Waals surface area contributed by atoms with E-state index in [4.69, 9.17) is 5.26 Å². The van der Waals surface area contributed by atoms with Crippen molar-refractivity contribution in [3.05, 3.63) is 29.3 Å². The van der Waals surface area contributed by atoms with Crippen molar-refractivity contribution in [1.29, 1.82) is 5.26 Å². The standard InChI is InChI=1S/C20H27N3O/c1-15-12-16(13-21)9-10-19(15)23-11-5-6-17(14-23)20(24)22-18-7-3-2-4-8-18/h9-10,12,17-18H,2-8,11,14H2,1H3,(H,22,24). The Morgan fingerprint density at radius 1 is 1.21 bits per heavy atom.